The van der Waals surface area contributed by atoms with Crippen LogP contribution in [0.1, 0.15) is 27.2 Å². The van der Waals surface area contributed by atoms with Gasteiger partial charge in [-0.25, -0.2) is 0 Å². The first-order valence-corrected chi connectivity index (χ1v) is 5.77. The van der Waals surface area contributed by atoms with Crippen molar-refractivity contribution in [2.24, 2.45) is 0 Å². The van der Waals surface area contributed by atoms with Crippen molar-refractivity contribution in [3.63, 3.8) is 0 Å². The molecule has 1 rings (SSSR count). The van der Waals surface area contributed by atoms with E-state index in [4.69, 9.17) is 0 Å². The molecule has 1 heterocycles. The monoisotopic (exact) mass is 228 g/mol. The summed E-state index contributed by atoms with van der Waals surface area (Å²) in [5, 5.41) is 4.56. The normalized spacial score (nSPS) is 11.4. The van der Waals surface area contributed by atoms with Gasteiger partial charge < -0.3 is 5.32 Å². The number of hydrogen-bond acceptors (Lipinski definition) is 3. The third-order valence-corrected chi connectivity index (χ3v) is 3.01. The summed E-state index contributed by atoms with van der Waals surface area (Å²) in [6.45, 7) is 6.03. The molecule has 0 unspecified atom stereocenters. The minimum Gasteiger partial charge on any atom is -0.350 e. The number of nitrogens with zero attached hydrogens (tertiary/aromatic N) is 1. The van der Waals surface area contributed by atoms with Gasteiger partial charge in [0.05, 0.1) is 0 Å². The Balaban J connectivity index is 2.58. The maximum Gasteiger partial charge on any atom is 0.307 e. The summed E-state index contributed by atoms with van der Waals surface area (Å²) < 4.78 is 1.41. The van der Waals surface area contributed by atoms with Crippen molar-refractivity contribution in [3.8, 4) is 0 Å². The second-order valence-corrected chi connectivity index (χ2v) is 4.94. The highest BCUT2D eigenvalue weighted by Gasteiger charge is 2.17. The number of hydrogen-bond donors (Lipinski definition) is 1. The molecule has 0 spiro atoms. The molecule has 1 N–H and O–H groups in total. The maximum absolute atomic E-state index is 11.6. The van der Waals surface area contributed by atoms with Gasteiger partial charge in [0, 0.05) is 17.1 Å². The van der Waals surface area contributed by atoms with Crippen LogP contribution in [0.25, 0.3) is 0 Å². The van der Waals surface area contributed by atoms with E-state index in [-0.39, 0.29) is 22.9 Å². The van der Waals surface area contributed by atoms with Crippen LogP contribution in [-0.4, -0.2) is 16.0 Å². The quantitative estimate of drug-likeness (QED) is 0.842. The van der Waals surface area contributed by atoms with Gasteiger partial charge in [0.15, 0.2) is 0 Å². The third kappa shape index (κ3) is 3.51. The lowest BCUT2D eigenvalue weighted by atomic mass is 10.0. The Hall–Kier alpha value is -1.10. The van der Waals surface area contributed by atoms with E-state index in [1.165, 1.54) is 4.57 Å². The van der Waals surface area contributed by atoms with Crippen molar-refractivity contribution in [3.05, 3.63) is 21.2 Å². The summed E-state index contributed by atoms with van der Waals surface area (Å²) in [6.07, 6.45) is 2.49. The minimum absolute atomic E-state index is 0.0977. The number of aromatic nitrogens is 1. The first kappa shape index (κ1) is 12.0. The van der Waals surface area contributed by atoms with Crippen LogP contribution in [0.3, 0.4) is 0 Å². The van der Waals surface area contributed by atoms with Gasteiger partial charge in [-0.3, -0.25) is 14.2 Å². The topological polar surface area (TPSA) is 51.1 Å². The van der Waals surface area contributed by atoms with Gasteiger partial charge >= 0.3 is 4.87 Å². The lowest BCUT2D eigenvalue weighted by Gasteiger charge is -2.24. The van der Waals surface area contributed by atoms with E-state index in [0.717, 1.165) is 17.8 Å². The third-order valence-electron chi connectivity index (χ3n) is 2.32. The summed E-state index contributed by atoms with van der Waals surface area (Å²) in [7, 11) is 0. The van der Waals surface area contributed by atoms with Crippen molar-refractivity contribution in [1.82, 2.24) is 9.88 Å². The molecular formula is C10H16N2O2S. The summed E-state index contributed by atoms with van der Waals surface area (Å²) in [5.74, 6) is -0.123. The van der Waals surface area contributed by atoms with Crippen molar-refractivity contribution in [2.45, 2.75) is 39.3 Å². The molecule has 0 saturated carbocycles. The number of thiazole rings is 1. The van der Waals surface area contributed by atoms with Crippen LogP contribution in [0.15, 0.2) is 16.4 Å². The first-order valence-electron chi connectivity index (χ1n) is 4.89. The van der Waals surface area contributed by atoms with E-state index >= 15 is 0 Å². The van der Waals surface area contributed by atoms with Gasteiger partial charge in [0.25, 0.3) is 0 Å². The summed E-state index contributed by atoms with van der Waals surface area (Å²) in [5.41, 5.74) is -0.212. The zero-order chi connectivity index (χ0) is 11.5. The van der Waals surface area contributed by atoms with Gasteiger partial charge in [-0.2, -0.15) is 0 Å². The van der Waals surface area contributed by atoms with Crippen molar-refractivity contribution in [2.75, 3.05) is 0 Å². The average molecular weight is 228 g/mol. The second-order valence-electron chi connectivity index (χ2n) is 4.08. The molecule has 0 atom stereocenters. The van der Waals surface area contributed by atoms with Crippen molar-refractivity contribution in [1.29, 1.82) is 0 Å². The SMILES string of the molecule is CCC(C)(C)NC(=O)Cn1ccsc1=O. The molecule has 84 valence electrons. The van der Waals surface area contributed by atoms with Crippen LogP contribution in [0.5, 0.6) is 0 Å². The molecule has 1 aromatic rings. The summed E-state index contributed by atoms with van der Waals surface area (Å²) in [4.78, 5) is 22.7. The summed E-state index contributed by atoms with van der Waals surface area (Å²) >= 11 is 1.10. The predicted molar refractivity (Wildman–Crippen MR) is 61.1 cm³/mol. The Bertz CT molecular complexity index is 392. The lowest BCUT2D eigenvalue weighted by Crippen LogP contribution is -2.44. The molecule has 1 aromatic heterocycles. The molecule has 0 bridgehead atoms. The minimum atomic E-state index is -0.212. The van der Waals surface area contributed by atoms with Crippen LogP contribution in [0.4, 0.5) is 0 Å². The molecule has 0 aliphatic heterocycles. The van der Waals surface area contributed by atoms with E-state index in [1.54, 1.807) is 11.6 Å². The number of carbonyl (C=O) groups is 1. The van der Waals surface area contributed by atoms with Crippen LogP contribution in [0, 0.1) is 0 Å². The smallest absolute Gasteiger partial charge is 0.307 e. The maximum atomic E-state index is 11.6. The molecule has 0 aliphatic carbocycles. The molecule has 0 aromatic carbocycles. The number of nitrogens with one attached hydrogen (secondary N) is 1. The Morgan fingerprint density at radius 3 is 2.73 bits per heavy atom. The molecule has 1 amide bonds. The Morgan fingerprint density at radius 1 is 1.60 bits per heavy atom. The molecule has 0 radical (unpaired) electrons. The van der Waals surface area contributed by atoms with E-state index in [2.05, 4.69) is 5.32 Å². The highest BCUT2D eigenvalue weighted by molar-refractivity contribution is 7.07. The van der Waals surface area contributed by atoms with Crippen LogP contribution in [-0.2, 0) is 11.3 Å². The Labute approximate surface area is 92.9 Å². The van der Waals surface area contributed by atoms with E-state index in [1.807, 2.05) is 20.8 Å². The average Bonchev–Trinajstić information content (AvgIpc) is 2.51. The second kappa shape index (κ2) is 4.61. The van der Waals surface area contributed by atoms with Gasteiger partial charge in [-0.15, -0.1) is 0 Å². The van der Waals surface area contributed by atoms with E-state index in [9.17, 15) is 9.59 Å². The predicted octanol–water partition coefficient (Wildman–Crippen LogP) is 1.21. The van der Waals surface area contributed by atoms with Gasteiger partial charge in [0.2, 0.25) is 5.91 Å². The van der Waals surface area contributed by atoms with Crippen molar-refractivity contribution < 1.29 is 4.79 Å². The molecule has 5 heteroatoms. The standard InChI is InChI=1S/C10H16N2O2S/c1-4-10(2,3)11-8(13)7-12-5-6-15-9(12)14/h5-6H,4,7H2,1-3H3,(H,11,13). The molecule has 0 aliphatic rings. The van der Waals surface area contributed by atoms with Gasteiger partial charge in [-0.05, 0) is 20.3 Å². The Morgan fingerprint density at radius 2 is 2.27 bits per heavy atom. The zero-order valence-electron chi connectivity index (χ0n) is 9.24. The highest BCUT2D eigenvalue weighted by Crippen LogP contribution is 2.06. The molecule has 0 saturated heterocycles. The van der Waals surface area contributed by atoms with E-state index in [0.29, 0.717) is 0 Å². The lowest BCUT2D eigenvalue weighted by molar-refractivity contribution is -0.123. The fraction of sp³-hybridized carbons (Fsp3) is 0.600. The van der Waals surface area contributed by atoms with Crippen LogP contribution in [0.2, 0.25) is 0 Å². The van der Waals surface area contributed by atoms with Crippen LogP contribution < -0.4 is 10.2 Å². The summed E-state index contributed by atoms with van der Waals surface area (Å²) in [6, 6.07) is 0. The van der Waals surface area contributed by atoms with E-state index < -0.39 is 0 Å². The Kier molecular flexibility index (Phi) is 3.68. The largest absolute Gasteiger partial charge is 0.350 e. The molecule has 4 nitrogen and oxygen atoms in total. The van der Waals surface area contributed by atoms with Crippen molar-refractivity contribution >= 4 is 17.2 Å². The van der Waals surface area contributed by atoms with Crippen LogP contribution >= 0.6 is 11.3 Å². The highest BCUT2D eigenvalue weighted by atomic mass is 32.1. The zero-order valence-corrected chi connectivity index (χ0v) is 10.1. The van der Waals surface area contributed by atoms with Gasteiger partial charge in [0.1, 0.15) is 6.54 Å². The fourth-order valence-corrected chi connectivity index (χ4v) is 1.65. The molecular weight excluding hydrogens is 212 g/mol. The number of carbonyl (C=O) groups excluding carboxylic acids is 1. The first-order chi connectivity index (χ1) is 6.94. The number of amides is 1. The molecule has 0 fully saturated rings. The molecule has 15 heavy (non-hydrogen) atoms. The number of rotatable bonds is 4. The fourth-order valence-electron chi connectivity index (χ4n) is 1.07. The van der Waals surface area contributed by atoms with Gasteiger partial charge in [-0.1, -0.05) is 18.3 Å².